The van der Waals surface area contributed by atoms with Crippen LogP contribution in [0, 0.1) is 0 Å². The van der Waals surface area contributed by atoms with Gasteiger partial charge in [-0.2, -0.15) is 11.3 Å². The maximum atomic E-state index is 11.1. The number of primary amides is 1. The molecule has 0 bridgehead atoms. The maximum absolute atomic E-state index is 11.1. The first-order valence-electron chi connectivity index (χ1n) is 10.4. The zero-order valence-corrected chi connectivity index (χ0v) is 19.1. The predicted octanol–water partition coefficient (Wildman–Crippen LogP) is 4.73. The van der Waals surface area contributed by atoms with Crippen LogP contribution in [-0.2, 0) is 19.6 Å². The van der Waals surface area contributed by atoms with Crippen LogP contribution in [0.5, 0.6) is 5.75 Å². The molecule has 1 amide bonds. The number of aromatic nitrogens is 2. The molecule has 1 aromatic carbocycles. The zero-order valence-electron chi connectivity index (χ0n) is 17.5. The van der Waals surface area contributed by atoms with E-state index < -0.39 is 12.0 Å². The van der Waals surface area contributed by atoms with Crippen molar-refractivity contribution in [1.82, 2.24) is 9.55 Å². The zero-order chi connectivity index (χ0) is 22.3. The summed E-state index contributed by atoms with van der Waals surface area (Å²) >= 11 is 3.41. The SMILES string of the molecule is NC(=O)c1cn(C[C@@H](O)CCCc2ccccc2OCc2cc(-c3ccsc3)cs2)cn1. The van der Waals surface area contributed by atoms with E-state index in [0.29, 0.717) is 19.6 Å². The number of aliphatic hydroxyl groups excluding tert-OH is 1. The molecular formula is C24H25N3O3S2. The molecule has 0 spiro atoms. The van der Waals surface area contributed by atoms with Crippen molar-refractivity contribution in [3.8, 4) is 16.9 Å². The van der Waals surface area contributed by atoms with Crippen LogP contribution in [0.4, 0.5) is 0 Å². The van der Waals surface area contributed by atoms with Gasteiger partial charge in [0.15, 0.2) is 0 Å². The number of para-hydroxylation sites is 1. The lowest BCUT2D eigenvalue weighted by molar-refractivity contribution is 0.0995. The summed E-state index contributed by atoms with van der Waals surface area (Å²) in [7, 11) is 0. The highest BCUT2D eigenvalue weighted by Crippen LogP contribution is 2.29. The van der Waals surface area contributed by atoms with Gasteiger partial charge in [-0.25, -0.2) is 4.98 Å². The van der Waals surface area contributed by atoms with Crippen LogP contribution in [-0.4, -0.2) is 26.7 Å². The minimum absolute atomic E-state index is 0.205. The van der Waals surface area contributed by atoms with Gasteiger partial charge in [-0.3, -0.25) is 4.79 Å². The fraction of sp³-hybridized carbons (Fsp3) is 0.250. The van der Waals surface area contributed by atoms with E-state index in [9.17, 15) is 9.90 Å². The van der Waals surface area contributed by atoms with Gasteiger partial charge in [0.05, 0.1) is 12.4 Å². The Morgan fingerprint density at radius 3 is 2.88 bits per heavy atom. The molecule has 3 aromatic heterocycles. The number of benzene rings is 1. The summed E-state index contributed by atoms with van der Waals surface area (Å²) in [6.45, 7) is 0.917. The number of ether oxygens (including phenoxy) is 1. The molecule has 6 nitrogen and oxygen atoms in total. The predicted molar refractivity (Wildman–Crippen MR) is 128 cm³/mol. The number of amides is 1. The molecule has 8 heteroatoms. The molecule has 3 heterocycles. The highest BCUT2D eigenvalue weighted by atomic mass is 32.1. The van der Waals surface area contributed by atoms with Crippen LogP contribution in [0.3, 0.4) is 0 Å². The largest absolute Gasteiger partial charge is 0.488 e. The summed E-state index contributed by atoms with van der Waals surface area (Å²) in [5.74, 6) is 0.313. The highest BCUT2D eigenvalue weighted by molar-refractivity contribution is 7.10. The molecule has 0 saturated heterocycles. The van der Waals surface area contributed by atoms with Crippen LogP contribution < -0.4 is 10.5 Å². The van der Waals surface area contributed by atoms with Gasteiger partial charge < -0.3 is 20.1 Å². The van der Waals surface area contributed by atoms with E-state index in [1.807, 2.05) is 18.2 Å². The third-order valence-corrected chi connectivity index (χ3v) is 6.74. The quantitative estimate of drug-likeness (QED) is 0.333. The van der Waals surface area contributed by atoms with Crippen molar-refractivity contribution in [3.63, 3.8) is 0 Å². The lowest BCUT2D eigenvalue weighted by atomic mass is 10.0. The average molecular weight is 468 g/mol. The number of carbonyl (C=O) groups is 1. The molecule has 0 unspecified atom stereocenters. The highest BCUT2D eigenvalue weighted by Gasteiger charge is 2.11. The van der Waals surface area contributed by atoms with Crippen molar-refractivity contribution in [2.24, 2.45) is 5.73 Å². The monoisotopic (exact) mass is 467 g/mol. The number of aryl methyl sites for hydroxylation is 1. The number of carbonyl (C=O) groups excluding carboxylic acids is 1. The number of aliphatic hydroxyl groups is 1. The van der Waals surface area contributed by atoms with E-state index >= 15 is 0 Å². The summed E-state index contributed by atoms with van der Waals surface area (Å²) in [6.07, 6.45) is 4.81. The van der Waals surface area contributed by atoms with Gasteiger partial charge >= 0.3 is 0 Å². The Hall–Kier alpha value is -2.94. The maximum Gasteiger partial charge on any atom is 0.268 e. The van der Waals surface area contributed by atoms with Crippen LogP contribution >= 0.6 is 22.7 Å². The first-order valence-corrected chi connectivity index (χ1v) is 12.2. The summed E-state index contributed by atoms with van der Waals surface area (Å²) in [4.78, 5) is 16.3. The molecule has 0 aliphatic carbocycles. The number of nitrogens with zero attached hydrogens (tertiary/aromatic N) is 2. The molecule has 0 radical (unpaired) electrons. The summed E-state index contributed by atoms with van der Waals surface area (Å²) in [6, 6.07) is 12.4. The normalized spacial score (nSPS) is 12.0. The van der Waals surface area contributed by atoms with Crippen molar-refractivity contribution >= 4 is 28.6 Å². The Morgan fingerprint density at radius 2 is 2.09 bits per heavy atom. The van der Waals surface area contributed by atoms with E-state index in [-0.39, 0.29) is 5.69 Å². The number of imidazole rings is 1. The van der Waals surface area contributed by atoms with Gasteiger partial charge in [0.2, 0.25) is 0 Å². The molecule has 0 aliphatic rings. The van der Waals surface area contributed by atoms with Crippen molar-refractivity contribution in [2.45, 2.75) is 38.5 Å². The Balaban J connectivity index is 1.27. The van der Waals surface area contributed by atoms with Gasteiger partial charge in [0.25, 0.3) is 5.91 Å². The Kier molecular flexibility index (Phi) is 7.36. The molecule has 1 atom stereocenters. The fourth-order valence-electron chi connectivity index (χ4n) is 3.49. The average Bonchev–Trinajstić information content (AvgIpc) is 3.54. The molecule has 4 rings (SSSR count). The Bertz CT molecular complexity index is 1150. The second-order valence-corrected chi connectivity index (χ2v) is 9.35. The Labute approximate surface area is 194 Å². The lowest BCUT2D eigenvalue weighted by Crippen LogP contribution is -2.15. The van der Waals surface area contributed by atoms with Crippen LogP contribution in [0.25, 0.3) is 11.1 Å². The summed E-state index contributed by atoms with van der Waals surface area (Å²) in [5, 5.41) is 16.7. The second-order valence-electron chi connectivity index (χ2n) is 7.58. The molecule has 0 fully saturated rings. The van der Waals surface area contributed by atoms with Crippen LogP contribution in [0.1, 0.15) is 33.8 Å². The van der Waals surface area contributed by atoms with E-state index in [1.54, 1.807) is 33.4 Å². The van der Waals surface area contributed by atoms with Crippen molar-refractivity contribution in [1.29, 1.82) is 0 Å². The third kappa shape index (κ3) is 5.85. The van der Waals surface area contributed by atoms with E-state index in [4.69, 9.17) is 10.5 Å². The first-order chi connectivity index (χ1) is 15.6. The molecule has 166 valence electrons. The molecule has 0 aliphatic heterocycles. The van der Waals surface area contributed by atoms with Gasteiger partial charge in [-0.05, 0) is 70.3 Å². The summed E-state index contributed by atoms with van der Waals surface area (Å²) < 4.78 is 7.81. The van der Waals surface area contributed by atoms with Gasteiger partial charge in [-0.15, -0.1) is 11.3 Å². The number of hydrogen-bond donors (Lipinski definition) is 2. The summed E-state index contributed by atoms with van der Waals surface area (Å²) in [5.41, 5.74) is 9.03. The topological polar surface area (TPSA) is 90.4 Å². The Morgan fingerprint density at radius 1 is 1.22 bits per heavy atom. The second kappa shape index (κ2) is 10.6. The van der Waals surface area contributed by atoms with Crippen LogP contribution in [0.15, 0.2) is 65.1 Å². The minimum Gasteiger partial charge on any atom is -0.488 e. The molecular weight excluding hydrogens is 442 g/mol. The van der Waals surface area contributed by atoms with Gasteiger partial charge in [-0.1, -0.05) is 18.2 Å². The number of hydrogen-bond acceptors (Lipinski definition) is 6. The fourth-order valence-corrected chi connectivity index (χ4v) is 4.96. The first kappa shape index (κ1) is 22.3. The minimum atomic E-state index is -0.569. The van der Waals surface area contributed by atoms with Gasteiger partial charge in [0.1, 0.15) is 18.1 Å². The van der Waals surface area contributed by atoms with Crippen LogP contribution in [0.2, 0.25) is 0 Å². The smallest absolute Gasteiger partial charge is 0.268 e. The van der Waals surface area contributed by atoms with E-state index in [1.165, 1.54) is 22.3 Å². The van der Waals surface area contributed by atoms with E-state index in [0.717, 1.165) is 24.2 Å². The lowest BCUT2D eigenvalue weighted by Gasteiger charge is -2.13. The van der Waals surface area contributed by atoms with Crippen molar-refractivity contribution < 1.29 is 14.6 Å². The number of rotatable bonds is 11. The number of nitrogens with two attached hydrogens (primary N) is 1. The molecule has 3 N–H and O–H groups in total. The standard InChI is InChI=1S/C24H25N3O3S2/c25-24(29)22-12-27(16-26-22)11-20(28)6-3-5-17-4-1-2-7-23(17)30-13-21-10-19(15-32-21)18-8-9-31-14-18/h1-2,4,7-10,12,14-16,20,28H,3,5-6,11,13H2,(H2,25,29)/t20-/m0/s1. The third-order valence-electron chi connectivity index (χ3n) is 5.14. The van der Waals surface area contributed by atoms with Gasteiger partial charge in [0, 0.05) is 17.6 Å². The molecule has 4 aromatic rings. The van der Waals surface area contributed by atoms with Crippen molar-refractivity contribution in [2.75, 3.05) is 0 Å². The van der Waals surface area contributed by atoms with Crippen molar-refractivity contribution in [3.05, 3.63) is 81.2 Å². The molecule has 32 heavy (non-hydrogen) atoms. The van der Waals surface area contributed by atoms with E-state index in [2.05, 4.69) is 39.3 Å². The molecule has 0 saturated carbocycles. The number of thiophene rings is 2.